The number of nitrogens with two attached hydrogens (primary N) is 1. The molecular weight excluding hydrogens is 214 g/mol. The highest BCUT2D eigenvalue weighted by Gasteiger charge is 2.07. The smallest absolute Gasteiger partial charge is 0.142 e. The van der Waals surface area contributed by atoms with Gasteiger partial charge in [-0.1, -0.05) is 0 Å². The summed E-state index contributed by atoms with van der Waals surface area (Å²) >= 11 is 3.26. The average Bonchev–Trinajstić information content (AvgIpc) is 2.69. The van der Waals surface area contributed by atoms with E-state index in [-0.39, 0.29) is 6.04 Å². The van der Waals surface area contributed by atoms with Crippen LogP contribution in [0.1, 0.15) is 11.9 Å². The highest BCUT2D eigenvalue weighted by atomic mass is 32.1. The van der Waals surface area contributed by atoms with Crippen molar-refractivity contribution in [3.8, 4) is 10.7 Å². The zero-order valence-electron chi connectivity index (χ0n) is 7.80. The summed E-state index contributed by atoms with van der Waals surface area (Å²) < 4.78 is 0. The molecule has 2 N–H and O–H groups in total. The first-order valence-corrected chi connectivity index (χ1v) is 6.11. The van der Waals surface area contributed by atoms with Gasteiger partial charge in [0.25, 0.3) is 0 Å². The molecule has 14 heavy (non-hydrogen) atoms. The van der Waals surface area contributed by atoms with Crippen molar-refractivity contribution in [1.29, 1.82) is 0 Å². The molecule has 0 saturated heterocycles. The van der Waals surface area contributed by atoms with Crippen molar-refractivity contribution in [2.45, 2.75) is 19.4 Å². The topological polar surface area (TPSA) is 51.8 Å². The lowest BCUT2D eigenvalue weighted by Gasteiger charge is -1.98. The summed E-state index contributed by atoms with van der Waals surface area (Å²) in [4.78, 5) is 8.69. The van der Waals surface area contributed by atoms with Gasteiger partial charge in [0.15, 0.2) is 0 Å². The maximum atomic E-state index is 5.71. The van der Waals surface area contributed by atoms with Crippen LogP contribution in [0.25, 0.3) is 10.7 Å². The van der Waals surface area contributed by atoms with E-state index >= 15 is 0 Å². The Bertz CT molecular complexity index is 392. The van der Waals surface area contributed by atoms with Crippen LogP contribution < -0.4 is 5.73 Å². The number of hydrogen-bond donors (Lipinski definition) is 1. The van der Waals surface area contributed by atoms with Crippen molar-refractivity contribution in [2.24, 2.45) is 5.73 Å². The van der Waals surface area contributed by atoms with E-state index in [1.807, 2.05) is 17.7 Å². The molecule has 0 radical (unpaired) electrons. The minimum absolute atomic E-state index is 0.172. The highest BCUT2D eigenvalue weighted by Crippen LogP contribution is 2.23. The Morgan fingerprint density at radius 3 is 3.00 bits per heavy atom. The summed E-state index contributed by atoms with van der Waals surface area (Å²) in [6.07, 6.45) is 2.64. The quantitative estimate of drug-likeness (QED) is 0.871. The van der Waals surface area contributed by atoms with Crippen molar-refractivity contribution in [2.75, 3.05) is 0 Å². The maximum absolute atomic E-state index is 5.71. The summed E-state index contributed by atoms with van der Waals surface area (Å²) in [5.41, 5.74) is 6.68. The third-order valence-electron chi connectivity index (χ3n) is 1.70. The van der Waals surface area contributed by atoms with Gasteiger partial charge in [0, 0.05) is 29.4 Å². The van der Waals surface area contributed by atoms with Crippen LogP contribution in [0.5, 0.6) is 0 Å². The molecule has 1 atom stereocenters. The predicted octanol–water partition coefficient (Wildman–Crippen LogP) is 2.16. The van der Waals surface area contributed by atoms with Gasteiger partial charge in [-0.15, -0.1) is 22.7 Å². The molecule has 0 aliphatic rings. The first-order valence-electron chi connectivity index (χ1n) is 4.35. The van der Waals surface area contributed by atoms with Gasteiger partial charge in [-0.2, -0.15) is 0 Å². The molecule has 0 saturated carbocycles. The summed E-state index contributed by atoms with van der Waals surface area (Å²) in [5.74, 6) is 0. The SMILES string of the molecule is CC(N)Cc1nc(-c2nccs2)cs1. The Kier molecular flexibility index (Phi) is 2.90. The molecule has 1 unspecified atom stereocenters. The Morgan fingerprint density at radius 2 is 2.36 bits per heavy atom. The van der Waals surface area contributed by atoms with Gasteiger partial charge < -0.3 is 5.73 Å². The summed E-state index contributed by atoms with van der Waals surface area (Å²) in [6, 6.07) is 0.172. The van der Waals surface area contributed by atoms with E-state index in [1.54, 1.807) is 28.9 Å². The standard InChI is InChI=1S/C9H11N3S2/c1-6(10)4-8-12-7(5-14-8)9-11-2-3-13-9/h2-3,5-6H,4,10H2,1H3. The molecular formula is C9H11N3S2. The van der Waals surface area contributed by atoms with Crippen LogP contribution in [0.4, 0.5) is 0 Å². The Morgan fingerprint density at radius 1 is 1.50 bits per heavy atom. The van der Waals surface area contributed by atoms with Gasteiger partial charge in [-0.25, -0.2) is 9.97 Å². The third kappa shape index (κ3) is 2.17. The molecule has 2 aromatic rings. The van der Waals surface area contributed by atoms with Crippen LogP contribution in [0.3, 0.4) is 0 Å². The summed E-state index contributed by atoms with van der Waals surface area (Å²) in [5, 5.41) is 6.07. The summed E-state index contributed by atoms with van der Waals surface area (Å²) in [6.45, 7) is 1.99. The van der Waals surface area contributed by atoms with Crippen molar-refractivity contribution >= 4 is 22.7 Å². The van der Waals surface area contributed by atoms with E-state index < -0.39 is 0 Å². The van der Waals surface area contributed by atoms with Crippen LogP contribution in [-0.2, 0) is 6.42 Å². The third-order valence-corrected chi connectivity index (χ3v) is 3.37. The number of nitrogens with zero attached hydrogens (tertiary/aromatic N) is 2. The fourth-order valence-electron chi connectivity index (χ4n) is 1.13. The average molecular weight is 225 g/mol. The van der Waals surface area contributed by atoms with Gasteiger partial charge in [0.05, 0.1) is 5.01 Å². The van der Waals surface area contributed by atoms with Gasteiger partial charge >= 0.3 is 0 Å². The second kappa shape index (κ2) is 4.16. The van der Waals surface area contributed by atoms with Crippen LogP contribution in [-0.4, -0.2) is 16.0 Å². The maximum Gasteiger partial charge on any atom is 0.142 e. The molecule has 2 rings (SSSR count). The van der Waals surface area contributed by atoms with E-state index in [0.29, 0.717) is 0 Å². The van der Waals surface area contributed by atoms with E-state index in [2.05, 4.69) is 9.97 Å². The summed E-state index contributed by atoms with van der Waals surface area (Å²) in [7, 11) is 0. The molecule has 0 bridgehead atoms. The van der Waals surface area contributed by atoms with Gasteiger partial charge in [0.1, 0.15) is 10.7 Å². The Labute approximate surface area is 90.6 Å². The monoisotopic (exact) mass is 225 g/mol. The van der Waals surface area contributed by atoms with Crippen molar-refractivity contribution < 1.29 is 0 Å². The fraction of sp³-hybridized carbons (Fsp3) is 0.333. The largest absolute Gasteiger partial charge is 0.328 e. The lowest BCUT2D eigenvalue weighted by atomic mass is 10.3. The van der Waals surface area contributed by atoms with E-state index in [0.717, 1.165) is 22.1 Å². The molecule has 2 aromatic heterocycles. The molecule has 3 nitrogen and oxygen atoms in total. The Balaban J connectivity index is 2.18. The van der Waals surface area contributed by atoms with Crippen LogP contribution in [0, 0.1) is 0 Å². The molecule has 0 aromatic carbocycles. The first kappa shape index (κ1) is 9.76. The normalized spacial score (nSPS) is 13.0. The number of thiazole rings is 2. The number of aromatic nitrogens is 2. The molecule has 2 heterocycles. The van der Waals surface area contributed by atoms with Gasteiger partial charge in [-0.3, -0.25) is 0 Å². The molecule has 0 aliphatic heterocycles. The molecule has 0 aliphatic carbocycles. The van der Waals surface area contributed by atoms with Crippen LogP contribution in [0.15, 0.2) is 17.0 Å². The lowest BCUT2D eigenvalue weighted by molar-refractivity contribution is 0.734. The minimum atomic E-state index is 0.172. The van der Waals surface area contributed by atoms with Crippen LogP contribution in [0.2, 0.25) is 0 Å². The zero-order chi connectivity index (χ0) is 9.97. The molecule has 5 heteroatoms. The van der Waals surface area contributed by atoms with Crippen molar-refractivity contribution in [1.82, 2.24) is 9.97 Å². The van der Waals surface area contributed by atoms with Crippen LogP contribution >= 0.6 is 22.7 Å². The van der Waals surface area contributed by atoms with E-state index in [9.17, 15) is 0 Å². The molecule has 0 fully saturated rings. The van der Waals surface area contributed by atoms with Crippen molar-refractivity contribution in [3.05, 3.63) is 22.0 Å². The molecule has 74 valence electrons. The zero-order valence-corrected chi connectivity index (χ0v) is 9.44. The van der Waals surface area contributed by atoms with E-state index in [4.69, 9.17) is 5.73 Å². The molecule has 0 spiro atoms. The Hall–Kier alpha value is -0.780. The lowest BCUT2D eigenvalue weighted by Crippen LogP contribution is -2.17. The highest BCUT2D eigenvalue weighted by molar-refractivity contribution is 7.14. The fourth-order valence-corrected chi connectivity index (χ4v) is 2.72. The second-order valence-corrected chi connectivity index (χ2v) is 4.98. The predicted molar refractivity (Wildman–Crippen MR) is 60.6 cm³/mol. The number of rotatable bonds is 3. The molecule has 0 amide bonds. The van der Waals surface area contributed by atoms with Gasteiger partial charge in [-0.05, 0) is 6.92 Å². The second-order valence-electron chi connectivity index (χ2n) is 3.15. The van der Waals surface area contributed by atoms with E-state index in [1.165, 1.54) is 0 Å². The van der Waals surface area contributed by atoms with Gasteiger partial charge in [0.2, 0.25) is 0 Å². The van der Waals surface area contributed by atoms with Crippen molar-refractivity contribution in [3.63, 3.8) is 0 Å². The first-order chi connectivity index (χ1) is 6.75. The minimum Gasteiger partial charge on any atom is -0.328 e. The number of hydrogen-bond acceptors (Lipinski definition) is 5.